The molecule has 6 nitrogen and oxygen atoms in total. The fourth-order valence-corrected chi connectivity index (χ4v) is 3.47. The lowest BCUT2D eigenvalue weighted by molar-refractivity contribution is 0.0545. The molecule has 25 heavy (non-hydrogen) atoms. The molecule has 3 rings (SSSR count). The zero-order valence-electron chi connectivity index (χ0n) is 15.1. The van der Waals surface area contributed by atoms with Crippen LogP contribution in [0.2, 0.25) is 0 Å². The molecular formula is C19H28N4O2. The zero-order chi connectivity index (χ0) is 17.6. The quantitative estimate of drug-likeness (QED) is 0.792. The smallest absolute Gasteiger partial charge is 0.321 e. The van der Waals surface area contributed by atoms with Crippen molar-refractivity contribution in [3.63, 3.8) is 0 Å². The first kappa shape index (κ1) is 17.8. The number of aromatic amines is 1. The zero-order valence-corrected chi connectivity index (χ0v) is 15.1. The number of hydrogen-bond acceptors (Lipinski definition) is 3. The van der Waals surface area contributed by atoms with Crippen LogP contribution >= 0.6 is 0 Å². The molecular weight excluding hydrogens is 316 g/mol. The SMILES string of the molecule is CCOCCN1CCN(C(=O)Nc2cccc3[nH]ccc23)C[C@@H]1CC. The molecule has 1 aromatic carbocycles. The van der Waals surface area contributed by atoms with Gasteiger partial charge in [-0.05, 0) is 31.5 Å². The third-order valence-corrected chi connectivity index (χ3v) is 4.93. The molecule has 2 amide bonds. The Bertz CT molecular complexity index is 700. The van der Waals surface area contributed by atoms with Crippen LogP contribution in [0.15, 0.2) is 30.5 Å². The average Bonchev–Trinajstić information content (AvgIpc) is 3.12. The molecule has 136 valence electrons. The Morgan fingerprint density at radius 1 is 1.32 bits per heavy atom. The lowest BCUT2D eigenvalue weighted by atomic mass is 10.1. The minimum Gasteiger partial charge on any atom is -0.380 e. The summed E-state index contributed by atoms with van der Waals surface area (Å²) >= 11 is 0. The van der Waals surface area contributed by atoms with Gasteiger partial charge in [0.15, 0.2) is 0 Å². The van der Waals surface area contributed by atoms with Gasteiger partial charge in [0.25, 0.3) is 0 Å². The highest BCUT2D eigenvalue weighted by Crippen LogP contribution is 2.23. The van der Waals surface area contributed by atoms with Crippen molar-refractivity contribution in [3.05, 3.63) is 30.5 Å². The highest BCUT2D eigenvalue weighted by molar-refractivity contribution is 6.00. The van der Waals surface area contributed by atoms with Crippen LogP contribution in [-0.2, 0) is 4.74 Å². The molecule has 1 aliphatic rings. The molecule has 0 radical (unpaired) electrons. The van der Waals surface area contributed by atoms with E-state index < -0.39 is 0 Å². The minimum absolute atomic E-state index is 0.0170. The van der Waals surface area contributed by atoms with Gasteiger partial charge in [0.05, 0.1) is 12.3 Å². The molecule has 1 aromatic heterocycles. The predicted molar refractivity (Wildman–Crippen MR) is 101 cm³/mol. The summed E-state index contributed by atoms with van der Waals surface area (Å²) in [6.07, 6.45) is 2.92. The summed E-state index contributed by atoms with van der Waals surface area (Å²) in [5, 5.41) is 4.12. The number of nitrogens with zero attached hydrogens (tertiary/aromatic N) is 2. The van der Waals surface area contributed by atoms with Crippen LogP contribution in [0.3, 0.4) is 0 Å². The van der Waals surface area contributed by atoms with E-state index in [0.29, 0.717) is 6.04 Å². The normalized spacial score (nSPS) is 18.6. The van der Waals surface area contributed by atoms with Crippen molar-refractivity contribution in [3.8, 4) is 0 Å². The molecule has 0 unspecified atom stereocenters. The first-order valence-corrected chi connectivity index (χ1v) is 9.16. The Morgan fingerprint density at radius 3 is 3.00 bits per heavy atom. The molecule has 1 aliphatic heterocycles. The van der Waals surface area contributed by atoms with E-state index in [2.05, 4.69) is 22.1 Å². The Morgan fingerprint density at radius 2 is 2.20 bits per heavy atom. The fourth-order valence-electron chi connectivity index (χ4n) is 3.47. The number of carbonyl (C=O) groups excluding carboxylic acids is 1. The number of carbonyl (C=O) groups is 1. The Balaban J connectivity index is 1.60. The predicted octanol–water partition coefficient (Wildman–Crippen LogP) is 3.13. The molecule has 2 heterocycles. The number of anilines is 1. The van der Waals surface area contributed by atoms with Crippen molar-refractivity contribution in [1.82, 2.24) is 14.8 Å². The van der Waals surface area contributed by atoms with Crippen molar-refractivity contribution in [2.75, 3.05) is 44.7 Å². The fraction of sp³-hybridized carbons (Fsp3) is 0.526. The summed E-state index contributed by atoms with van der Waals surface area (Å²) in [5.74, 6) is 0. The molecule has 6 heteroatoms. The number of H-pyrrole nitrogens is 1. The van der Waals surface area contributed by atoms with E-state index in [1.165, 1.54) is 0 Å². The molecule has 0 bridgehead atoms. The molecule has 1 atom stereocenters. The first-order valence-electron chi connectivity index (χ1n) is 9.16. The van der Waals surface area contributed by atoms with E-state index in [9.17, 15) is 4.79 Å². The highest BCUT2D eigenvalue weighted by atomic mass is 16.5. The molecule has 0 saturated carbocycles. The van der Waals surface area contributed by atoms with E-state index in [-0.39, 0.29) is 6.03 Å². The lowest BCUT2D eigenvalue weighted by Crippen LogP contribution is -2.56. The van der Waals surface area contributed by atoms with E-state index in [0.717, 1.165) is 62.4 Å². The lowest BCUT2D eigenvalue weighted by Gasteiger charge is -2.41. The summed E-state index contributed by atoms with van der Waals surface area (Å²) in [5.41, 5.74) is 1.89. The summed E-state index contributed by atoms with van der Waals surface area (Å²) in [6, 6.07) is 8.28. The number of piperazine rings is 1. The van der Waals surface area contributed by atoms with Crippen LogP contribution in [0.5, 0.6) is 0 Å². The number of amides is 2. The second kappa shape index (κ2) is 8.36. The highest BCUT2D eigenvalue weighted by Gasteiger charge is 2.28. The van der Waals surface area contributed by atoms with Crippen LogP contribution in [0.4, 0.5) is 10.5 Å². The van der Waals surface area contributed by atoms with Crippen molar-refractivity contribution >= 4 is 22.6 Å². The number of nitrogens with one attached hydrogen (secondary N) is 2. The van der Waals surface area contributed by atoms with Gasteiger partial charge in [-0.2, -0.15) is 0 Å². The monoisotopic (exact) mass is 344 g/mol. The third kappa shape index (κ3) is 4.14. The van der Waals surface area contributed by atoms with Gasteiger partial charge in [-0.15, -0.1) is 0 Å². The molecule has 1 fully saturated rings. The number of ether oxygens (including phenoxy) is 1. The Kier molecular flexibility index (Phi) is 5.94. The van der Waals surface area contributed by atoms with E-state index in [1.54, 1.807) is 0 Å². The summed E-state index contributed by atoms with van der Waals surface area (Å²) < 4.78 is 5.48. The summed E-state index contributed by atoms with van der Waals surface area (Å²) in [7, 11) is 0. The van der Waals surface area contributed by atoms with Crippen LogP contribution < -0.4 is 5.32 Å². The van der Waals surface area contributed by atoms with Crippen LogP contribution in [0.25, 0.3) is 10.9 Å². The van der Waals surface area contributed by atoms with Crippen LogP contribution in [0.1, 0.15) is 20.3 Å². The van der Waals surface area contributed by atoms with Gasteiger partial charge in [-0.1, -0.05) is 13.0 Å². The third-order valence-electron chi connectivity index (χ3n) is 4.93. The van der Waals surface area contributed by atoms with E-state index >= 15 is 0 Å². The van der Waals surface area contributed by atoms with Crippen LogP contribution in [0, 0.1) is 0 Å². The van der Waals surface area contributed by atoms with E-state index in [4.69, 9.17) is 4.74 Å². The van der Waals surface area contributed by atoms with Gasteiger partial charge in [-0.25, -0.2) is 4.79 Å². The Hall–Kier alpha value is -2.05. The molecule has 2 N–H and O–H groups in total. The van der Waals surface area contributed by atoms with Gasteiger partial charge in [0.2, 0.25) is 0 Å². The largest absolute Gasteiger partial charge is 0.380 e. The van der Waals surface area contributed by atoms with Gasteiger partial charge >= 0.3 is 6.03 Å². The maximum atomic E-state index is 12.7. The number of hydrogen-bond donors (Lipinski definition) is 2. The number of aromatic nitrogens is 1. The summed E-state index contributed by atoms with van der Waals surface area (Å²) in [6.45, 7) is 9.05. The summed E-state index contributed by atoms with van der Waals surface area (Å²) in [4.78, 5) is 20.3. The van der Waals surface area contributed by atoms with Gasteiger partial charge in [0, 0.05) is 55.9 Å². The van der Waals surface area contributed by atoms with Crippen molar-refractivity contribution in [2.45, 2.75) is 26.3 Å². The van der Waals surface area contributed by atoms with Gasteiger partial charge in [-0.3, -0.25) is 4.90 Å². The molecule has 0 aliphatic carbocycles. The van der Waals surface area contributed by atoms with Crippen LogP contribution in [-0.4, -0.2) is 66.2 Å². The molecule has 1 saturated heterocycles. The molecule has 2 aromatic rings. The minimum atomic E-state index is -0.0170. The van der Waals surface area contributed by atoms with E-state index in [1.807, 2.05) is 42.3 Å². The first-order chi connectivity index (χ1) is 12.2. The Labute approximate surface area is 149 Å². The molecule has 0 spiro atoms. The van der Waals surface area contributed by atoms with Crippen molar-refractivity contribution in [1.29, 1.82) is 0 Å². The number of benzene rings is 1. The average molecular weight is 344 g/mol. The van der Waals surface area contributed by atoms with Crippen molar-refractivity contribution < 1.29 is 9.53 Å². The van der Waals surface area contributed by atoms with Gasteiger partial charge in [0.1, 0.15) is 0 Å². The second-order valence-electron chi connectivity index (χ2n) is 6.42. The second-order valence-corrected chi connectivity index (χ2v) is 6.42. The van der Waals surface area contributed by atoms with Gasteiger partial charge < -0.3 is 19.9 Å². The number of fused-ring (bicyclic) bond motifs is 1. The van der Waals surface area contributed by atoms with Crippen molar-refractivity contribution in [2.24, 2.45) is 0 Å². The standard InChI is InChI=1S/C19H28N4O2/c1-3-15-14-23(11-10-22(15)12-13-25-4-2)19(24)21-18-7-5-6-17-16(18)8-9-20-17/h5-9,15,20H,3-4,10-14H2,1-2H3,(H,21,24)/t15-/m0/s1. The maximum absolute atomic E-state index is 12.7. The number of rotatable bonds is 6. The topological polar surface area (TPSA) is 60.6 Å². The number of urea groups is 1. The maximum Gasteiger partial charge on any atom is 0.321 e.